The van der Waals surface area contributed by atoms with Crippen LogP contribution in [0.2, 0.25) is 0 Å². The summed E-state index contributed by atoms with van der Waals surface area (Å²) < 4.78 is 18.2. The molecule has 0 atom stereocenters. The van der Waals surface area contributed by atoms with E-state index in [9.17, 15) is 9.18 Å². The summed E-state index contributed by atoms with van der Waals surface area (Å²) in [6, 6.07) is 8.88. The summed E-state index contributed by atoms with van der Waals surface area (Å²) in [7, 11) is 0. The molecule has 0 spiro atoms. The van der Waals surface area contributed by atoms with E-state index in [1.54, 1.807) is 18.2 Å². The van der Waals surface area contributed by atoms with Gasteiger partial charge in [0.2, 0.25) is 0 Å². The van der Waals surface area contributed by atoms with Crippen LogP contribution in [0.1, 0.15) is 16.1 Å². The summed E-state index contributed by atoms with van der Waals surface area (Å²) in [6.45, 7) is 0.0267. The predicted octanol–water partition coefficient (Wildman–Crippen LogP) is 2.50. The zero-order valence-electron chi connectivity index (χ0n) is 9.34. The number of ether oxygens (including phenoxy) is 1. The van der Waals surface area contributed by atoms with Crippen LogP contribution in [0.3, 0.4) is 0 Å². The van der Waals surface area contributed by atoms with Gasteiger partial charge in [0, 0.05) is 17.8 Å². The highest BCUT2D eigenvalue weighted by Crippen LogP contribution is 2.15. The van der Waals surface area contributed by atoms with Gasteiger partial charge in [-0.1, -0.05) is 12.1 Å². The minimum absolute atomic E-state index is 0.0267. The molecule has 1 aromatic carbocycles. The molecule has 0 aliphatic carbocycles. The van der Waals surface area contributed by atoms with Crippen LogP contribution in [-0.4, -0.2) is 16.1 Å². The average molecular weight is 247 g/mol. The zero-order chi connectivity index (χ0) is 13.0. The first-order chi connectivity index (χ1) is 8.66. The molecule has 0 unspecified atom stereocenters. The molecule has 1 aromatic heterocycles. The number of rotatable bonds is 4. The third-order valence-corrected chi connectivity index (χ3v) is 2.28. The lowest BCUT2D eigenvalue weighted by atomic mass is 10.2. The monoisotopic (exact) mass is 247 g/mol. The summed E-state index contributed by atoms with van der Waals surface area (Å²) in [5, 5.41) is 8.93. The van der Waals surface area contributed by atoms with Crippen molar-refractivity contribution < 1.29 is 19.0 Å². The predicted molar refractivity (Wildman–Crippen MR) is 61.9 cm³/mol. The minimum Gasteiger partial charge on any atom is -0.489 e. The van der Waals surface area contributed by atoms with Crippen molar-refractivity contribution in [1.29, 1.82) is 0 Å². The van der Waals surface area contributed by atoms with Crippen LogP contribution >= 0.6 is 0 Å². The SMILES string of the molecule is O=C(O)c1ncccc1COc1cccc(F)c1. The van der Waals surface area contributed by atoms with Crippen LogP contribution in [0.4, 0.5) is 4.39 Å². The molecule has 1 N–H and O–H groups in total. The maximum absolute atomic E-state index is 12.9. The average Bonchev–Trinajstić information content (AvgIpc) is 2.37. The first-order valence-electron chi connectivity index (χ1n) is 5.22. The van der Waals surface area contributed by atoms with Crippen LogP contribution in [0.5, 0.6) is 5.75 Å². The second-order valence-corrected chi connectivity index (χ2v) is 3.56. The van der Waals surface area contributed by atoms with Gasteiger partial charge < -0.3 is 9.84 Å². The Bertz CT molecular complexity index is 572. The van der Waals surface area contributed by atoms with Crippen molar-refractivity contribution >= 4 is 5.97 Å². The Labute approximate surface area is 103 Å². The van der Waals surface area contributed by atoms with E-state index in [1.807, 2.05) is 0 Å². The zero-order valence-corrected chi connectivity index (χ0v) is 9.34. The van der Waals surface area contributed by atoms with Crippen molar-refractivity contribution in [2.45, 2.75) is 6.61 Å². The maximum Gasteiger partial charge on any atom is 0.354 e. The van der Waals surface area contributed by atoms with E-state index in [4.69, 9.17) is 9.84 Å². The normalized spacial score (nSPS) is 10.1. The lowest BCUT2D eigenvalue weighted by Crippen LogP contribution is -2.07. The van der Waals surface area contributed by atoms with Crippen LogP contribution in [0.15, 0.2) is 42.6 Å². The largest absolute Gasteiger partial charge is 0.489 e. The molecule has 0 saturated carbocycles. The van der Waals surface area contributed by atoms with E-state index >= 15 is 0 Å². The number of pyridine rings is 1. The molecule has 2 aromatic rings. The topological polar surface area (TPSA) is 59.4 Å². The number of aromatic carboxylic acids is 1. The lowest BCUT2D eigenvalue weighted by Gasteiger charge is -2.07. The van der Waals surface area contributed by atoms with E-state index < -0.39 is 11.8 Å². The molecule has 2 rings (SSSR count). The molecule has 0 aliphatic rings. The second kappa shape index (κ2) is 5.27. The van der Waals surface area contributed by atoms with Crippen LogP contribution in [0, 0.1) is 5.82 Å². The van der Waals surface area contributed by atoms with E-state index in [2.05, 4.69) is 4.98 Å². The number of hydrogen-bond donors (Lipinski definition) is 1. The third kappa shape index (κ3) is 2.82. The number of aromatic nitrogens is 1. The molecule has 0 bridgehead atoms. The molecule has 0 aliphatic heterocycles. The molecule has 5 heteroatoms. The third-order valence-electron chi connectivity index (χ3n) is 2.28. The Morgan fingerprint density at radius 3 is 2.89 bits per heavy atom. The molecule has 1 heterocycles. The fourth-order valence-corrected chi connectivity index (χ4v) is 1.47. The molecular weight excluding hydrogens is 237 g/mol. The number of halogens is 1. The number of nitrogens with zero attached hydrogens (tertiary/aromatic N) is 1. The van der Waals surface area contributed by atoms with Crippen molar-refractivity contribution in [1.82, 2.24) is 4.98 Å². The molecule has 0 fully saturated rings. The quantitative estimate of drug-likeness (QED) is 0.901. The van der Waals surface area contributed by atoms with Crippen molar-refractivity contribution in [3.05, 3.63) is 59.7 Å². The summed E-state index contributed by atoms with van der Waals surface area (Å²) in [5.41, 5.74) is 0.378. The first-order valence-corrected chi connectivity index (χ1v) is 5.22. The van der Waals surface area contributed by atoms with Crippen molar-refractivity contribution in [3.63, 3.8) is 0 Å². The molecule has 0 radical (unpaired) electrons. The summed E-state index contributed by atoms with van der Waals surface area (Å²) in [5.74, 6) is -1.18. The Balaban J connectivity index is 2.13. The lowest BCUT2D eigenvalue weighted by molar-refractivity contribution is 0.0687. The first kappa shape index (κ1) is 12.0. The fraction of sp³-hybridized carbons (Fsp3) is 0.0769. The second-order valence-electron chi connectivity index (χ2n) is 3.56. The molecule has 0 saturated heterocycles. The van der Waals surface area contributed by atoms with Crippen molar-refractivity contribution in [2.24, 2.45) is 0 Å². The molecule has 18 heavy (non-hydrogen) atoms. The minimum atomic E-state index is -1.12. The smallest absolute Gasteiger partial charge is 0.354 e. The Morgan fingerprint density at radius 2 is 2.17 bits per heavy atom. The number of carboxylic acids is 1. The van der Waals surface area contributed by atoms with E-state index in [-0.39, 0.29) is 12.3 Å². The number of hydrogen-bond acceptors (Lipinski definition) is 3. The standard InChI is InChI=1S/C13H10FNO3/c14-10-4-1-5-11(7-10)18-8-9-3-2-6-15-12(9)13(16)17/h1-7H,8H2,(H,16,17). The van der Waals surface area contributed by atoms with E-state index in [1.165, 1.54) is 24.4 Å². The van der Waals surface area contributed by atoms with Gasteiger partial charge in [0.15, 0.2) is 5.69 Å². The van der Waals surface area contributed by atoms with Gasteiger partial charge in [0.05, 0.1) is 0 Å². The van der Waals surface area contributed by atoms with Crippen LogP contribution in [0.25, 0.3) is 0 Å². The Morgan fingerprint density at radius 1 is 1.33 bits per heavy atom. The van der Waals surface area contributed by atoms with Gasteiger partial charge in [-0.2, -0.15) is 0 Å². The highest BCUT2D eigenvalue weighted by atomic mass is 19.1. The van der Waals surface area contributed by atoms with E-state index in [0.717, 1.165) is 0 Å². The van der Waals surface area contributed by atoms with Gasteiger partial charge in [-0.25, -0.2) is 14.2 Å². The molecule has 4 nitrogen and oxygen atoms in total. The van der Waals surface area contributed by atoms with Gasteiger partial charge in [0.1, 0.15) is 18.2 Å². The van der Waals surface area contributed by atoms with Gasteiger partial charge >= 0.3 is 5.97 Å². The maximum atomic E-state index is 12.9. The number of carbonyl (C=O) groups is 1. The summed E-state index contributed by atoms with van der Waals surface area (Å²) >= 11 is 0. The van der Waals surface area contributed by atoms with Crippen molar-refractivity contribution in [2.75, 3.05) is 0 Å². The summed E-state index contributed by atoms with van der Waals surface area (Å²) in [4.78, 5) is 14.7. The van der Waals surface area contributed by atoms with E-state index in [0.29, 0.717) is 11.3 Å². The van der Waals surface area contributed by atoms with Gasteiger partial charge in [-0.15, -0.1) is 0 Å². The fourth-order valence-electron chi connectivity index (χ4n) is 1.47. The van der Waals surface area contributed by atoms with Gasteiger partial charge in [-0.3, -0.25) is 0 Å². The number of carboxylic acid groups (broad SMARTS) is 1. The van der Waals surface area contributed by atoms with Crippen LogP contribution in [-0.2, 0) is 6.61 Å². The Kier molecular flexibility index (Phi) is 3.52. The van der Waals surface area contributed by atoms with Crippen molar-refractivity contribution in [3.8, 4) is 5.75 Å². The highest BCUT2D eigenvalue weighted by molar-refractivity contribution is 5.86. The summed E-state index contributed by atoms with van der Waals surface area (Å²) in [6.07, 6.45) is 1.40. The Hall–Kier alpha value is -2.43. The van der Waals surface area contributed by atoms with Gasteiger partial charge in [-0.05, 0) is 18.2 Å². The number of benzene rings is 1. The molecule has 92 valence electrons. The molecular formula is C13H10FNO3. The highest BCUT2D eigenvalue weighted by Gasteiger charge is 2.11. The van der Waals surface area contributed by atoms with Crippen LogP contribution < -0.4 is 4.74 Å². The van der Waals surface area contributed by atoms with Gasteiger partial charge in [0.25, 0.3) is 0 Å². The molecule has 0 amide bonds.